The summed E-state index contributed by atoms with van der Waals surface area (Å²) in [5.41, 5.74) is 1.31. The zero-order valence-electron chi connectivity index (χ0n) is 10.4. The summed E-state index contributed by atoms with van der Waals surface area (Å²) in [6.07, 6.45) is 3.94. The van der Waals surface area contributed by atoms with Crippen molar-refractivity contribution in [3.8, 4) is 5.75 Å². The van der Waals surface area contributed by atoms with Crippen molar-refractivity contribution < 1.29 is 13.9 Å². The number of rotatable bonds is 5. The summed E-state index contributed by atoms with van der Waals surface area (Å²) in [6.45, 7) is 0.473. The number of ether oxygens (including phenoxy) is 1. The van der Waals surface area contributed by atoms with Gasteiger partial charge in [0.15, 0.2) is 11.6 Å². The van der Waals surface area contributed by atoms with Gasteiger partial charge in [-0.15, -0.1) is 0 Å². The lowest BCUT2D eigenvalue weighted by Crippen LogP contribution is -2.25. The maximum atomic E-state index is 13.2. The van der Waals surface area contributed by atoms with E-state index in [4.69, 9.17) is 4.74 Å². The fourth-order valence-electron chi connectivity index (χ4n) is 1.64. The molecule has 2 N–H and O–H groups in total. The van der Waals surface area contributed by atoms with E-state index in [-0.39, 0.29) is 11.7 Å². The monoisotopic (exact) mass is 263 g/mol. The number of benzene rings is 1. The second-order valence-electron chi connectivity index (χ2n) is 3.93. The molecule has 19 heavy (non-hydrogen) atoms. The van der Waals surface area contributed by atoms with Gasteiger partial charge in [0.25, 0.3) is 5.91 Å². The number of nitrogens with one attached hydrogen (secondary N) is 2. The van der Waals surface area contributed by atoms with Gasteiger partial charge in [-0.1, -0.05) is 0 Å². The molecule has 5 nitrogen and oxygen atoms in total. The fraction of sp³-hybridized carbons (Fsp3) is 0.231. The van der Waals surface area contributed by atoms with Crippen molar-refractivity contribution in [3.05, 3.63) is 47.8 Å². The van der Waals surface area contributed by atoms with E-state index in [1.807, 2.05) is 0 Å². The molecule has 0 spiro atoms. The smallest absolute Gasteiger partial charge is 0.251 e. The normalized spacial score (nSPS) is 10.2. The Kier molecular flexibility index (Phi) is 4.12. The van der Waals surface area contributed by atoms with Crippen LogP contribution in [-0.2, 0) is 6.42 Å². The molecular formula is C13H14FN3O2. The third-order valence-electron chi connectivity index (χ3n) is 2.65. The summed E-state index contributed by atoms with van der Waals surface area (Å²) in [7, 11) is 1.36. The second kappa shape index (κ2) is 5.99. The molecule has 0 aliphatic rings. The number of amides is 1. The zero-order valence-corrected chi connectivity index (χ0v) is 10.4. The molecule has 6 heteroatoms. The standard InChI is InChI=1S/C13H14FN3O2/c1-19-12-6-9(2-3-11(12)14)13(18)16-5-4-10-7-15-8-17-10/h2-3,6-8H,4-5H2,1H3,(H,15,17)(H,16,18). The molecular weight excluding hydrogens is 249 g/mol. The number of hydrogen-bond acceptors (Lipinski definition) is 3. The highest BCUT2D eigenvalue weighted by Gasteiger charge is 2.09. The average molecular weight is 263 g/mol. The molecule has 0 fully saturated rings. The Morgan fingerprint density at radius 1 is 1.53 bits per heavy atom. The first kappa shape index (κ1) is 13.1. The average Bonchev–Trinajstić information content (AvgIpc) is 2.92. The van der Waals surface area contributed by atoms with Gasteiger partial charge in [0.2, 0.25) is 0 Å². The molecule has 2 rings (SSSR count). The number of aromatic amines is 1. The lowest BCUT2D eigenvalue weighted by molar-refractivity contribution is 0.0953. The summed E-state index contributed by atoms with van der Waals surface area (Å²) < 4.78 is 18.0. The van der Waals surface area contributed by atoms with Crippen molar-refractivity contribution in [1.29, 1.82) is 0 Å². The van der Waals surface area contributed by atoms with Crippen LogP contribution in [0.25, 0.3) is 0 Å². The van der Waals surface area contributed by atoms with Crippen molar-refractivity contribution in [1.82, 2.24) is 15.3 Å². The number of hydrogen-bond donors (Lipinski definition) is 2. The van der Waals surface area contributed by atoms with Crippen LogP contribution in [0.3, 0.4) is 0 Å². The molecule has 1 amide bonds. The van der Waals surface area contributed by atoms with Crippen LogP contribution in [0.15, 0.2) is 30.7 Å². The minimum Gasteiger partial charge on any atom is -0.494 e. The molecule has 100 valence electrons. The van der Waals surface area contributed by atoms with Crippen LogP contribution in [-0.4, -0.2) is 29.5 Å². The van der Waals surface area contributed by atoms with Crippen LogP contribution in [0.1, 0.15) is 16.1 Å². The number of aromatic nitrogens is 2. The predicted molar refractivity (Wildman–Crippen MR) is 67.6 cm³/mol. The molecule has 0 aliphatic carbocycles. The van der Waals surface area contributed by atoms with Gasteiger partial charge in [0.05, 0.1) is 13.4 Å². The van der Waals surface area contributed by atoms with Crippen molar-refractivity contribution in [2.24, 2.45) is 0 Å². The van der Waals surface area contributed by atoms with Crippen molar-refractivity contribution in [2.75, 3.05) is 13.7 Å². The van der Waals surface area contributed by atoms with E-state index in [1.165, 1.54) is 25.3 Å². The lowest BCUT2D eigenvalue weighted by Gasteiger charge is -2.06. The summed E-state index contributed by atoms with van der Waals surface area (Å²) in [5.74, 6) is -0.699. The molecule has 2 aromatic rings. The van der Waals surface area contributed by atoms with Crippen LogP contribution < -0.4 is 10.1 Å². The minimum absolute atomic E-state index is 0.0567. The molecule has 0 atom stereocenters. The maximum Gasteiger partial charge on any atom is 0.251 e. The highest BCUT2D eigenvalue weighted by Crippen LogP contribution is 2.17. The van der Waals surface area contributed by atoms with Gasteiger partial charge in [-0.25, -0.2) is 9.37 Å². The Labute approximate surface area is 109 Å². The predicted octanol–water partition coefficient (Wildman–Crippen LogP) is 1.53. The molecule has 0 aliphatic heterocycles. The second-order valence-corrected chi connectivity index (χ2v) is 3.93. The largest absolute Gasteiger partial charge is 0.494 e. The van der Waals surface area contributed by atoms with E-state index in [0.29, 0.717) is 18.5 Å². The lowest BCUT2D eigenvalue weighted by atomic mass is 10.2. The summed E-state index contributed by atoms with van der Waals surface area (Å²) in [5, 5.41) is 2.74. The van der Waals surface area contributed by atoms with Gasteiger partial charge >= 0.3 is 0 Å². The fourth-order valence-corrected chi connectivity index (χ4v) is 1.64. The first-order valence-corrected chi connectivity index (χ1v) is 5.79. The van der Waals surface area contributed by atoms with Gasteiger partial charge < -0.3 is 15.0 Å². The van der Waals surface area contributed by atoms with E-state index >= 15 is 0 Å². The van der Waals surface area contributed by atoms with Gasteiger partial charge in [0.1, 0.15) is 0 Å². The van der Waals surface area contributed by atoms with Crippen LogP contribution in [0, 0.1) is 5.82 Å². The van der Waals surface area contributed by atoms with Crippen LogP contribution in [0.5, 0.6) is 5.75 Å². The number of halogens is 1. The van der Waals surface area contributed by atoms with Gasteiger partial charge in [-0.3, -0.25) is 4.79 Å². The summed E-state index contributed by atoms with van der Waals surface area (Å²) in [4.78, 5) is 18.7. The number of nitrogens with zero attached hydrogens (tertiary/aromatic N) is 1. The molecule has 1 heterocycles. The zero-order chi connectivity index (χ0) is 13.7. The Morgan fingerprint density at radius 2 is 2.37 bits per heavy atom. The molecule has 0 unspecified atom stereocenters. The van der Waals surface area contributed by atoms with E-state index in [0.717, 1.165) is 5.69 Å². The quantitative estimate of drug-likeness (QED) is 0.859. The highest BCUT2D eigenvalue weighted by molar-refractivity contribution is 5.94. The van der Waals surface area contributed by atoms with Crippen LogP contribution in [0.4, 0.5) is 4.39 Å². The van der Waals surface area contributed by atoms with Gasteiger partial charge in [-0.2, -0.15) is 0 Å². The number of H-pyrrole nitrogens is 1. The topological polar surface area (TPSA) is 67.0 Å². The third kappa shape index (κ3) is 3.31. The van der Waals surface area contributed by atoms with Gasteiger partial charge in [-0.05, 0) is 18.2 Å². The van der Waals surface area contributed by atoms with E-state index < -0.39 is 5.82 Å². The van der Waals surface area contributed by atoms with Crippen LogP contribution in [0.2, 0.25) is 0 Å². The van der Waals surface area contributed by atoms with E-state index in [2.05, 4.69) is 15.3 Å². The third-order valence-corrected chi connectivity index (χ3v) is 2.65. The Balaban J connectivity index is 1.92. The molecule has 1 aromatic carbocycles. The Morgan fingerprint density at radius 3 is 3.05 bits per heavy atom. The van der Waals surface area contributed by atoms with Crippen molar-refractivity contribution >= 4 is 5.91 Å². The molecule has 0 saturated heterocycles. The number of methoxy groups -OCH3 is 1. The summed E-state index contributed by atoms with van der Waals surface area (Å²) in [6, 6.07) is 4.01. The number of carbonyl (C=O) groups is 1. The first-order chi connectivity index (χ1) is 9.20. The van der Waals surface area contributed by atoms with Crippen molar-refractivity contribution in [3.63, 3.8) is 0 Å². The highest BCUT2D eigenvalue weighted by atomic mass is 19.1. The maximum absolute atomic E-state index is 13.2. The first-order valence-electron chi connectivity index (χ1n) is 5.79. The summed E-state index contributed by atoms with van der Waals surface area (Å²) >= 11 is 0. The Bertz CT molecular complexity index is 555. The van der Waals surface area contributed by atoms with Crippen molar-refractivity contribution in [2.45, 2.75) is 6.42 Å². The molecule has 1 aromatic heterocycles. The Hall–Kier alpha value is -2.37. The SMILES string of the molecule is COc1cc(C(=O)NCCc2cnc[nH]2)ccc1F. The molecule has 0 saturated carbocycles. The van der Waals surface area contributed by atoms with E-state index in [1.54, 1.807) is 12.5 Å². The number of carbonyl (C=O) groups excluding carboxylic acids is 1. The number of imidazole rings is 1. The van der Waals surface area contributed by atoms with Crippen LogP contribution >= 0.6 is 0 Å². The van der Waals surface area contributed by atoms with Gasteiger partial charge in [0, 0.05) is 30.4 Å². The van der Waals surface area contributed by atoms with E-state index in [9.17, 15) is 9.18 Å². The minimum atomic E-state index is -0.489. The molecule has 0 bridgehead atoms. The molecule has 0 radical (unpaired) electrons.